The number of benzene rings is 1. The number of hydrogen-bond acceptors (Lipinski definition) is 4. The standard InChI is InChI=1S/C21H19ClF3N3OS/c22-18-9-15-19(30-18)20(29-13-21(15,24)25)5-7-27(8-6-20)11-14-10-26-28(12-14)17-4-2-1-3-16(17)23/h1-4,9-10,12H,5-8,11,13H2. The lowest BCUT2D eigenvalue weighted by atomic mass is 9.84. The minimum Gasteiger partial charge on any atom is -0.363 e. The van der Waals surface area contributed by atoms with Crippen molar-refractivity contribution in [3.05, 3.63) is 68.9 Å². The van der Waals surface area contributed by atoms with Crippen molar-refractivity contribution < 1.29 is 17.9 Å². The van der Waals surface area contributed by atoms with E-state index in [1.165, 1.54) is 28.2 Å². The summed E-state index contributed by atoms with van der Waals surface area (Å²) >= 11 is 7.26. The Labute approximate surface area is 180 Å². The Morgan fingerprint density at radius 3 is 2.73 bits per heavy atom. The lowest BCUT2D eigenvalue weighted by Gasteiger charge is -2.45. The Hall–Kier alpha value is -1.87. The number of hydrogen-bond donors (Lipinski definition) is 0. The van der Waals surface area contributed by atoms with E-state index in [2.05, 4.69) is 10.00 Å². The van der Waals surface area contributed by atoms with E-state index in [1.54, 1.807) is 24.4 Å². The van der Waals surface area contributed by atoms with Gasteiger partial charge in [0.15, 0.2) is 0 Å². The van der Waals surface area contributed by atoms with Gasteiger partial charge in [0, 0.05) is 41.8 Å². The zero-order chi connectivity index (χ0) is 20.9. The number of likely N-dealkylation sites (tertiary alicyclic amines) is 1. The second kappa shape index (κ2) is 7.37. The van der Waals surface area contributed by atoms with Crippen LogP contribution in [0, 0.1) is 5.82 Å². The average Bonchev–Trinajstić information content (AvgIpc) is 3.35. The summed E-state index contributed by atoms with van der Waals surface area (Å²) in [5.74, 6) is -3.33. The van der Waals surface area contributed by atoms with E-state index in [0.29, 0.717) is 47.4 Å². The van der Waals surface area contributed by atoms with Crippen LogP contribution in [0.15, 0.2) is 42.7 Å². The van der Waals surface area contributed by atoms with Gasteiger partial charge < -0.3 is 4.74 Å². The molecule has 2 aliphatic heterocycles. The summed E-state index contributed by atoms with van der Waals surface area (Å²) in [6.07, 6.45) is 4.78. The van der Waals surface area contributed by atoms with Crippen LogP contribution in [0.25, 0.3) is 5.69 Å². The molecule has 2 aliphatic rings. The summed E-state index contributed by atoms with van der Waals surface area (Å²) in [5.41, 5.74) is 0.691. The van der Waals surface area contributed by atoms with Crippen molar-refractivity contribution in [2.45, 2.75) is 30.9 Å². The first kappa shape index (κ1) is 20.1. The smallest absolute Gasteiger partial charge is 0.297 e. The topological polar surface area (TPSA) is 30.3 Å². The number of aromatic nitrogens is 2. The van der Waals surface area contributed by atoms with E-state index in [-0.39, 0.29) is 11.4 Å². The van der Waals surface area contributed by atoms with E-state index in [1.807, 2.05) is 6.20 Å². The Bertz CT molecular complexity index is 1080. The molecule has 0 aliphatic carbocycles. The van der Waals surface area contributed by atoms with Crippen LogP contribution in [0.2, 0.25) is 4.34 Å². The van der Waals surface area contributed by atoms with Crippen LogP contribution in [0.1, 0.15) is 28.8 Å². The van der Waals surface area contributed by atoms with Crippen molar-refractivity contribution in [3.63, 3.8) is 0 Å². The summed E-state index contributed by atoms with van der Waals surface area (Å²) in [5, 5.41) is 4.27. The Morgan fingerprint density at radius 2 is 1.97 bits per heavy atom. The van der Waals surface area contributed by atoms with E-state index in [9.17, 15) is 13.2 Å². The first-order chi connectivity index (χ1) is 14.4. The highest BCUT2D eigenvalue weighted by Crippen LogP contribution is 2.52. The summed E-state index contributed by atoms with van der Waals surface area (Å²) in [4.78, 5) is 2.80. The van der Waals surface area contributed by atoms with Gasteiger partial charge in [-0.3, -0.25) is 4.90 Å². The molecule has 1 spiro atoms. The third-order valence-electron chi connectivity index (χ3n) is 5.84. The van der Waals surface area contributed by atoms with Gasteiger partial charge in [-0.05, 0) is 31.0 Å². The van der Waals surface area contributed by atoms with Crippen molar-refractivity contribution >= 4 is 22.9 Å². The quantitative estimate of drug-likeness (QED) is 0.536. The highest BCUT2D eigenvalue weighted by Gasteiger charge is 2.51. The highest BCUT2D eigenvalue weighted by atomic mass is 35.5. The fourth-order valence-corrected chi connectivity index (χ4v) is 5.74. The number of thiophene rings is 1. The molecule has 3 aromatic rings. The molecule has 158 valence electrons. The maximum Gasteiger partial charge on any atom is 0.297 e. The van der Waals surface area contributed by atoms with Gasteiger partial charge in [-0.1, -0.05) is 23.7 Å². The molecule has 0 N–H and O–H groups in total. The van der Waals surface area contributed by atoms with E-state index in [4.69, 9.17) is 16.3 Å². The molecule has 0 radical (unpaired) electrons. The fourth-order valence-electron chi connectivity index (χ4n) is 4.26. The Morgan fingerprint density at radius 1 is 1.20 bits per heavy atom. The first-order valence-corrected chi connectivity index (χ1v) is 10.9. The fraction of sp³-hybridized carbons (Fsp3) is 0.381. The zero-order valence-electron chi connectivity index (χ0n) is 16.0. The van der Waals surface area contributed by atoms with E-state index >= 15 is 0 Å². The lowest BCUT2D eigenvalue weighted by molar-refractivity contribution is -0.182. The number of piperidine rings is 1. The molecule has 9 heteroatoms. The van der Waals surface area contributed by atoms with Crippen molar-refractivity contribution in [1.29, 1.82) is 0 Å². The molecule has 1 saturated heterocycles. The van der Waals surface area contributed by atoms with Gasteiger partial charge in [0.2, 0.25) is 0 Å². The Balaban J connectivity index is 1.29. The van der Waals surface area contributed by atoms with Crippen LogP contribution < -0.4 is 0 Å². The first-order valence-electron chi connectivity index (χ1n) is 9.69. The second-order valence-corrected chi connectivity index (χ2v) is 9.48. The van der Waals surface area contributed by atoms with Crippen LogP contribution in [0.5, 0.6) is 0 Å². The third kappa shape index (κ3) is 3.45. The number of fused-ring (bicyclic) bond motifs is 2. The van der Waals surface area contributed by atoms with Crippen LogP contribution in [0.3, 0.4) is 0 Å². The maximum absolute atomic E-state index is 14.3. The predicted molar refractivity (Wildman–Crippen MR) is 109 cm³/mol. The van der Waals surface area contributed by atoms with Gasteiger partial charge in [-0.2, -0.15) is 13.9 Å². The molecule has 30 heavy (non-hydrogen) atoms. The van der Waals surface area contributed by atoms with Gasteiger partial charge in [0.25, 0.3) is 5.92 Å². The average molecular weight is 454 g/mol. The number of para-hydroxylation sites is 1. The molecule has 4 heterocycles. The highest BCUT2D eigenvalue weighted by molar-refractivity contribution is 7.16. The minimum atomic E-state index is -3.00. The number of alkyl halides is 2. The summed E-state index contributed by atoms with van der Waals surface area (Å²) in [7, 11) is 0. The minimum absolute atomic E-state index is 0.0170. The molecule has 0 unspecified atom stereocenters. The molecule has 5 rings (SSSR count). The van der Waals surface area contributed by atoms with E-state index in [0.717, 1.165) is 5.56 Å². The predicted octanol–water partition coefficient (Wildman–Crippen LogP) is 5.34. The molecular weight excluding hydrogens is 435 g/mol. The number of halogens is 4. The van der Waals surface area contributed by atoms with Crippen molar-refractivity contribution in [1.82, 2.24) is 14.7 Å². The van der Waals surface area contributed by atoms with Gasteiger partial charge in [-0.25, -0.2) is 9.07 Å². The van der Waals surface area contributed by atoms with Gasteiger partial charge in [0.1, 0.15) is 23.7 Å². The zero-order valence-corrected chi connectivity index (χ0v) is 17.5. The molecule has 0 saturated carbocycles. The van der Waals surface area contributed by atoms with Crippen molar-refractivity contribution in [3.8, 4) is 5.69 Å². The summed E-state index contributed by atoms with van der Waals surface area (Å²) in [6.45, 7) is 1.44. The van der Waals surface area contributed by atoms with Crippen LogP contribution in [0.4, 0.5) is 13.2 Å². The van der Waals surface area contributed by atoms with Gasteiger partial charge in [-0.15, -0.1) is 11.3 Å². The maximum atomic E-state index is 14.3. The second-order valence-electron chi connectivity index (χ2n) is 7.80. The van der Waals surface area contributed by atoms with Crippen molar-refractivity contribution in [2.24, 2.45) is 0 Å². The third-order valence-corrected chi connectivity index (χ3v) is 7.29. The van der Waals surface area contributed by atoms with Crippen molar-refractivity contribution in [2.75, 3.05) is 19.7 Å². The number of nitrogens with zero attached hydrogens (tertiary/aromatic N) is 3. The molecule has 0 bridgehead atoms. The molecule has 4 nitrogen and oxygen atoms in total. The molecule has 0 atom stereocenters. The normalized spacial score (nSPS) is 20.4. The Kier molecular flexibility index (Phi) is 4.93. The monoisotopic (exact) mass is 453 g/mol. The number of rotatable bonds is 3. The van der Waals surface area contributed by atoms with Crippen LogP contribution in [-0.2, 0) is 22.8 Å². The molecule has 1 fully saturated rings. The summed E-state index contributed by atoms with van der Waals surface area (Å²) in [6, 6.07) is 7.87. The largest absolute Gasteiger partial charge is 0.363 e. The molecule has 0 amide bonds. The molecule has 2 aromatic heterocycles. The van der Waals surface area contributed by atoms with Gasteiger partial charge >= 0.3 is 0 Å². The van der Waals surface area contributed by atoms with Gasteiger partial charge in [0.05, 0.1) is 10.5 Å². The number of ether oxygens (including phenoxy) is 1. The van der Waals surface area contributed by atoms with Crippen LogP contribution in [-0.4, -0.2) is 34.4 Å². The summed E-state index contributed by atoms with van der Waals surface area (Å²) < 4.78 is 50.1. The van der Waals surface area contributed by atoms with Crippen LogP contribution >= 0.6 is 22.9 Å². The van der Waals surface area contributed by atoms with E-state index < -0.39 is 18.1 Å². The lowest BCUT2D eigenvalue weighted by Crippen LogP contribution is -2.48. The SMILES string of the molecule is Fc1ccccc1-n1cc(CN2CCC3(CC2)OCC(F)(F)c2cc(Cl)sc23)cn1. The molecular formula is C21H19ClF3N3OS. The molecule has 1 aromatic carbocycles.